The van der Waals surface area contributed by atoms with Crippen molar-refractivity contribution in [2.24, 2.45) is 0 Å². The summed E-state index contributed by atoms with van der Waals surface area (Å²) in [7, 11) is 0. The number of carbonyl (C=O) groups is 4. The van der Waals surface area contributed by atoms with E-state index in [2.05, 4.69) is 16.9 Å². The molecule has 0 aliphatic carbocycles. The summed E-state index contributed by atoms with van der Waals surface area (Å²) in [4.78, 5) is 52.3. The Balaban J connectivity index is 1.25. The number of hydrogen-bond acceptors (Lipinski definition) is 5. The van der Waals surface area contributed by atoms with Gasteiger partial charge >= 0.3 is 0 Å². The summed E-state index contributed by atoms with van der Waals surface area (Å²) < 4.78 is 0. The monoisotopic (exact) mass is 420 g/mol. The van der Waals surface area contributed by atoms with Crippen LogP contribution in [-0.4, -0.2) is 48.2 Å². The lowest BCUT2D eigenvalue weighted by Gasteiger charge is -2.30. The Bertz CT molecular complexity index is 1040. The van der Waals surface area contributed by atoms with Gasteiger partial charge in [0.25, 0.3) is 11.8 Å². The molecule has 2 aromatic carbocycles. The third-order valence-electron chi connectivity index (χ3n) is 5.58. The van der Waals surface area contributed by atoms with E-state index in [4.69, 9.17) is 0 Å². The molecule has 0 spiro atoms. The lowest BCUT2D eigenvalue weighted by Crippen LogP contribution is -2.49. The molecule has 4 amide bonds. The highest BCUT2D eigenvalue weighted by atomic mass is 16.2. The maximum atomic E-state index is 12.5. The Morgan fingerprint density at radius 2 is 1.61 bits per heavy atom. The van der Waals surface area contributed by atoms with Crippen LogP contribution >= 0.6 is 0 Å². The van der Waals surface area contributed by atoms with Crippen LogP contribution in [0.2, 0.25) is 0 Å². The summed E-state index contributed by atoms with van der Waals surface area (Å²) >= 11 is 0. The fourth-order valence-electron chi connectivity index (χ4n) is 4.03. The Morgan fingerprint density at radius 1 is 0.903 bits per heavy atom. The van der Waals surface area contributed by atoms with Crippen molar-refractivity contribution >= 4 is 29.3 Å². The molecule has 2 N–H and O–H groups in total. The lowest BCUT2D eigenvalue weighted by atomic mass is 9.98. The summed E-state index contributed by atoms with van der Waals surface area (Å²) in [6, 6.07) is 14.9. The summed E-state index contributed by atoms with van der Waals surface area (Å²) in [5.41, 5.74) is 8.22. The van der Waals surface area contributed by atoms with Gasteiger partial charge in [-0.2, -0.15) is 0 Å². The molecule has 2 heterocycles. The number of aryl methyl sites for hydroxylation is 1. The van der Waals surface area contributed by atoms with Gasteiger partial charge in [0.15, 0.2) is 0 Å². The molecule has 2 aliphatic rings. The third kappa shape index (κ3) is 4.58. The largest absolute Gasteiger partial charge is 0.362 e. The molecule has 0 saturated heterocycles. The highest BCUT2D eigenvalue weighted by Gasteiger charge is 2.30. The maximum absolute atomic E-state index is 12.5. The first-order chi connectivity index (χ1) is 15.0. The van der Waals surface area contributed by atoms with Crippen LogP contribution in [0.1, 0.15) is 34.3 Å². The van der Waals surface area contributed by atoms with Gasteiger partial charge in [-0.3, -0.25) is 34.9 Å². The quantitative estimate of drug-likeness (QED) is 0.560. The van der Waals surface area contributed by atoms with Crippen molar-refractivity contribution < 1.29 is 19.2 Å². The van der Waals surface area contributed by atoms with Crippen molar-refractivity contribution in [1.29, 1.82) is 0 Å². The van der Waals surface area contributed by atoms with Crippen LogP contribution in [0.15, 0.2) is 48.5 Å². The van der Waals surface area contributed by atoms with Crippen LogP contribution in [0, 0.1) is 0 Å². The Morgan fingerprint density at radius 3 is 2.45 bits per heavy atom. The van der Waals surface area contributed by atoms with Crippen molar-refractivity contribution in [2.45, 2.75) is 25.7 Å². The van der Waals surface area contributed by atoms with Crippen LogP contribution in [0.4, 0.5) is 5.69 Å². The van der Waals surface area contributed by atoms with E-state index in [1.807, 2.05) is 23.1 Å². The molecule has 0 fully saturated rings. The number of para-hydroxylation sites is 1. The second kappa shape index (κ2) is 8.99. The minimum absolute atomic E-state index is 0.0345. The van der Waals surface area contributed by atoms with Gasteiger partial charge in [0.05, 0.1) is 13.0 Å². The summed E-state index contributed by atoms with van der Waals surface area (Å²) in [6.45, 7) is 0.878. The van der Waals surface area contributed by atoms with E-state index in [0.29, 0.717) is 11.1 Å². The van der Waals surface area contributed by atoms with Gasteiger partial charge in [-0.05, 0) is 36.1 Å². The van der Waals surface area contributed by atoms with Crippen molar-refractivity contribution in [1.82, 2.24) is 15.8 Å². The highest BCUT2D eigenvalue weighted by molar-refractivity contribution is 6.09. The number of amides is 4. The van der Waals surface area contributed by atoms with Gasteiger partial charge in [0, 0.05) is 30.8 Å². The smallest absolute Gasteiger partial charge is 0.260 e. The lowest BCUT2D eigenvalue weighted by molar-refractivity contribution is -0.130. The first-order valence-corrected chi connectivity index (χ1v) is 10.4. The second-order valence-electron chi connectivity index (χ2n) is 7.68. The zero-order valence-corrected chi connectivity index (χ0v) is 17.1. The van der Waals surface area contributed by atoms with E-state index in [9.17, 15) is 19.2 Å². The SMILES string of the molecule is O=C(CCN1C(=O)Cc2ccccc2C1=O)NNC(=O)CN1CCCc2ccccc21. The molecule has 0 atom stereocenters. The first-order valence-electron chi connectivity index (χ1n) is 10.4. The van der Waals surface area contributed by atoms with Gasteiger partial charge in [-0.15, -0.1) is 0 Å². The number of nitrogens with one attached hydrogen (secondary N) is 2. The summed E-state index contributed by atoms with van der Waals surface area (Å²) in [5, 5.41) is 0. The van der Waals surface area contributed by atoms with Gasteiger partial charge in [0.2, 0.25) is 11.8 Å². The van der Waals surface area contributed by atoms with Crippen LogP contribution in [-0.2, 0) is 27.2 Å². The number of nitrogens with zero attached hydrogens (tertiary/aromatic N) is 2. The molecular formula is C23H24N4O4. The van der Waals surface area contributed by atoms with E-state index in [-0.39, 0.29) is 37.7 Å². The van der Waals surface area contributed by atoms with E-state index in [0.717, 1.165) is 30.0 Å². The number of benzene rings is 2. The molecule has 0 bridgehead atoms. The fraction of sp³-hybridized carbons (Fsp3) is 0.304. The molecule has 0 aromatic heterocycles. The maximum Gasteiger partial charge on any atom is 0.260 e. The Hall–Kier alpha value is -3.68. The topological polar surface area (TPSA) is 98.8 Å². The molecule has 0 saturated carbocycles. The fourth-order valence-corrected chi connectivity index (χ4v) is 4.03. The van der Waals surface area contributed by atoms with Crippen LogP contribution < -0.4 is 15.8 Å². The Labute approximate surface area is 180 Å². The number of fused-ring (bicyclic) bond motifs is 2. The third-order valence-corrected chi connectivity index (χ3v) is 5.58. The van der Waals surface area contributed by atoms with Crippen LogP contribution in [0.3, 0.4) is 0 Å². The minimum Gasteiger partial charge on any atom is -0.362 e. The van der Waals surface area contributed by atoms with Crippen molar-refractivity contribution in [2.75, 3.05) is 24.5 Å². The van der Waals surface area contributed by atoms with Crippen LogP contribution in [0.5, 0.6) is 0 Å². The van der Waals surface area contributed by atoms with Gasteiger partial charge in [0.1, 0.15) is 0 Å². The normalized spacial score (nSPS) is 15.2. The van der Waals surface area contributed by atoms with Crippen LogP contribution in [0.25, 0.3) is 0 Å². The number of hydrazine groups is 1. The highest BCUT2D eigenvalue weighted by Crippen LogP contribution is 2.26. The van der Waals surface area contributed by atoms with Crippen molar-refractivity contribution in [3.63, 3.8) is 0 Å². The minimum atomic E-state index is -0.466. The average Bonchev–Trinajstić information content (AvgIpc) is 2.78. The number of hydrogen-bond donors (Lipinski definition) is 2. The number of carbonyl (C=O) groups excluding carboxylic acids is 4. The van der Waals surface area contributed by atoms with E-state index in [1.54, 1.807) is 24.3 Å². The molecule has 8 nitrogen and oxygen atoms in total. The molecule has 0 unspecified atom stereocenters. The van der Waals surface area contributed by atoms with Crippen molar-refractivity contribution in [3.05, 3.63) is 65.2 Å². The number of imide groups is 1. The second-order valence-corrected chi connectivity index (χ2v) is 7.68. The molecule has 2 aromatic rings. The molecule has 2 aliphatic heterocycles. The first kappa shape index (κ1) is 20.6. The van der Waals surface area contributed by atoms with E-state index in [1.165, 1.54) is 5.56 Å². The molecule has 4 rings (SSSR count). The molecule has 31 heavy (non-hydrogen) atoms. The zero-order valence-electron chi connectivity index (χ0n) is 17.1. The molecular weight excluding hydrogens is 396 g/mol. The molecule has 0 radical (unpaired) electrons. The van der Waals surface area contributed by atoms with Gasteiger partial charge in [-0.1, -0.05) is 36.4 Å². The predicted octanol–water partition coefficient (Wildman–Crippen LogP) is 1.20. The number of anilines is 1. The summed E-state index contributed by atoms with van der Waals surface area (Å²) in [5.74, 6) is -1.52. The summed E-state index contributed by atoms with van der Waals surface area (Å²) in [6.07, 6.45) is 2.01. The van der Waals surface area contributed by atoms with E-state index >= 15 is 0 Å². The Kier molecular flexibility index (Phi) is 5.97. The van der Waals surface area contributed by atoms with Gasteiger partial charge < -0.3 is 4.90 Å². The number of rotatable bonds is 5. The van der Waals surface area contributed by atoms with E-state index < -0.39 is 11.8 Å². The predicted molar refractivity (Wildman–Crippen MR) is 114 cm³/mol. The standard InChI is InChI=1S/C23H24N4O4/c28-20(11-13-27-22(30)14-17-7-1-3-9-18(17)23(27)31)24-25-21(29)15-26-12-5-8-16-6-2-4-10-19(16)26/h1-4,6-7,9-10H,5,8,11-15H2,(H,24,28)(H,25,29). The van der Waals surface area contributed by atoms with Gasteiger partial charge in [-0.25, -0.2) is 0 Å². The molecule has 8 heteroatoms. The molecule has 160 valence electrons. The zero-order chi connectivity index (χ0) is 21.8. The average molecular weight is 420 g/mol. The van der Waals surface area contributed by atoms with Crippen molar-refractivity contribution in [3.8, 4) is 0 Å².